The zero-order valence-electron chi connectivity index (χ0n) is 21.3. The highest BCUT2D eigenvalue weighted by Gasteiger charge is 2.30. The van der Waals surface area contributed by atoms with E-state index in [9.17, 15) is 4.79 Å². The molecular weight excluding hydrogens is 440 g/mol. The molecule has 2 aliphatic rings. The average molecular weight is 483 g/mol. The number of rotatable bonds is 8. The number of amides is 2. The predicted octanol–water partition coefficient (Wildman–Crippen LogP) is 6.59. The molecule has 4 rings (SSSR count). The molecule has 1 aliphatic heterocycles. The number of carbonyl (C=O) groups is 1. The van der Waals surface area contributed by atoms with Crippen LogP contribution < -0.4 is 5.32 Å². The number of urea groups is 1. The Labute approximate surface area is 210 Å². The van der Waals surface area contributed by atoms with E-state index in [1.807, 2.05) is 0 Å². The molecule has 1 aromatic heterocycles. The first-order valence-corrected chi connectivity index (χ1v) is 14.2. The molecule has 0 atom stereocenters. The first kappa shape index (κ1) is 25.2. The number of hydrogen-bond donors (Lipinski definition) is 1. The van der Waals surface area contributed by atoms with Crippen molar-refractivity contribution >= 4 is 22.5 Å². The Morgan fingerprint density at radius 1 is 1.15 bits per heavy atom. The normalized spacial score (nSPS) is 21.2. The molecule has 1 N–H and O–H groups in total. The standard InChI is InChI=1S/C28H42N4OS/c1-4-8-22-11-13-24(14-12-22)32(19-21(2)3)28(33)30-27-29-25-15-17-31(18-16-26(25)34-27)20-23-9-6-5-7-10-23/h5-7,9-10,21-22,24H,4,8,11-20H2,1-3H3,(H,29,30,33). The van der Waals surface area contributed by atoms with E-state index in [0.717, 1.165) is 62.9 Å². The highest BCUT2D eigenvalue weighted by Crippen LogP contribution is 2.32. The van der Waals surface area contributed by atoms with Crippen LogP contribution in [0, 0.1) is 11.8 Å². The van der Waals surface area contributed by atoms with Crippen LogP contribution >= 0.6 is 11.3 Å². The second kappa shape index (κ2) is 12.2. The van der Waals surface area contributed by atoms with Gasteiger partial charge in [0, 0.05) is 43.5 Å². The van der Waals surface area contributed by atoms with E-state index in [4.69, 9.17) is 4.98 Å². The third-order valence-electron chi connectivity index (χ3n) is 7.34. The van der Waals surface area contributed by atoms with Crippen LogP contribution in [0.3, 0.4) is 0 Å². The average Bonchev–Trinajstić information content (AvgIpc) is 3.12. The van der Waals surface area contributed by atoms with Gasteiger partial charge in [-0.1, -0.05) is 63.9 Å². The Hall–Kier alpha value is -1.92. The number of hydrogen-bond acceptors (Lipinski definition) is 4. The number of anilines is 1. The molecule has 2 heterocycles. The van der Waals surface area contributed by atoms with Gasteiger partial charge >= 0.3 is 6.03 Å². The molecular formula is C28H42N4OS. The van der Waals surface area contributed by atoms with E-state index >= 15 is 0 Å². The molecule has 0 unspecified atom stereocenters. The largest absolute Gasteiger partial charge is 0.323 e. The van der Waals surface area contributed by atoms with Gasteiger partial charge in [0.1, 0.15) is 0 Å². The summed E-state index contributed by atoms with van der Waals surface area (Å²) in [6, 6.07) is 11.1. The van der Waals surface area contributed by atoms with Gasteiger partial charge in [0.25, 0.3) is 0 Å². The summed E-state index contributed by atoms with van der Waals surface area (Å²) in [5.41, 5.74) is 2.54. The van der Waals surface area contributed by atoms with E-state index in [-0.39, 0.29) is 6.03 Å². The summed E-state index contributed by atoms with van der Waals surface area (Å²) in [6.07, 6.45) is 9.34. The Balaban J connectivity index is 1.34. The summed E-state index contributed by atoms with van der Waals surface area (Å²) < 4.78 is 0. The molecule has 1 aromatic carbocycles. The zero-order valence-corrected chi connectivity index (χ0v) is 22.1. The van der Waals surface area contributed by atoms with Gasteiger partial charge < -0.3 is 4.90 Å². The van der Waals surface area contributed by atoms with Crippen LogP contribution in [0.4, 0.5) is 9.93 Å². The zero-order chi connectivity index (χ0) is 23.9. The van der Waals surface area contributed by atoms with Crippen molar-refractivity contribution in [2.24, 2.45) is 11.8 Å². The Morgan fingerprint density at radius 2 is 1.88 bits per heavy atom. The molecule has 5 nitrogen and oxygen atoms in total. The summed E-state index contributed by atoms with van der Waals surface area (Å²) in [4.78, 5) is 24.2. The molecule has 186 valence electrons. The second-order valence-electron chi connectivity index (χ2n) is 10.6. The molecule has 2 aromatic rings. The number of benzene rings is 1. The van der Waals surface area contributed by atoms with Crippen molar-refractivity contribution in [1.82, 2.24) is 14.8 Å². The summed E-state index contributed by atoms with van der Waals surface area (Å²) in [7, 11) is 0. The number of carbonyl (C=O) groups excluding carboxylic acids is 1. The van der Waals surface area contributed by atoms with Gasteiger partial charge in [0.15, 0.2) is 5.13 Å². The number of aromatic nitrogens is 1. The van der Waals surface area contributed by atoms with Crippen LogP contribution in [-0.2, 0) is 19.4 Å². The summed E-state index contributed by atoms with van der Waals surface area (Å²) in [5, 5.41) is 3.97. The van der Waals surface area contributed by atoms with Crippen molar-refractivity contribution in [3.05, 3.63) is 46.5 Å². The highest BCUT2D eigenvalue weighted by atomic mass is 32.1. The van der Waals surface area contributed by atoms with Crippen molar-refractivity contribution in [1.29, 1.82) is 0 Å². The summed E-state index contributed by atoms with van der Waals surface area (Å²) >= 11 is 1.68. The minimum absolute atomic E-state index is 0.0438. The molecule has 2 amide bonds. The van der Waals surface area contributed by atoms with Crippen molar-refractivity contribution in [2.45, 2.75) is 84.7 Å². The third kappa shape index (κ3) is 6.82. The Kier molecular flexibility index (Phi) is 9.01. The fraction of sp³-hybridized carbons (Fsp3) is 0.643. The Morgan fingerprint density at radius 3 is 2.59 bits per heavy atom. The van der Waals surface area contributed by atoms with Crippen LogP contribution in [0.1, 0.15) is 75.4 Å². The fourth-order valence-electron chi connectivity index (χ4n) is 5.57. The van der Waals surface area contributed by atoms with Gasteiger partial charge in [-0.25, -0.2) is 9.78 Å². The predicted molar refractivity (Wildman–Crippen MR) is 142 cm³/mol. The van der Waals surface area contributed by atoms with Crippen LogP contribution in [0.5, 0.6) is 0 Å². The molecule has 6 heteroatoms. The summed E-state index contributed by atoms with van der Waals surface area (Å²) in [6.45, 7) is 10.5. The summed E-state index contributed by atoms with van der Waals surface area (Å²) in [5.74, 6) is 1.31. The van der Waals surface area contributed by atoms with E-state index in [0.29, 0.717) is 12.0 Å². The number of thiazole rings is 1. The molecule has 1 fully saturated rings. The SMILES string of the molecule is CCCC1CCC(N(CC(C)C)C(=O)Nc2nc3c(s2)CCN(Cc2ccccc2)CC3)CC1. The maximum absolute atomic E-state index is 13.4. The van der Waals surface area contributed by atoms with Crippen LogP contribution in [-0.4, -0.2) is 46.5 Å². The Bertz CT molecular complexity index is 879. The lowest BCUT2D eigenvalue weighted by Gasteiger charge is -2.37. The van der Waals surface area contributed by atoms with Crippen molar-refractivity contribution in [3.8, 4) is 0 Å². The lowest BCUT2D eigenvalue weighted by Crippen LogP contribution is -2.46. The molecule has 0 radical (unpaired) electrons. The van der Waals surface area contributed by atoms with Crippen LogP contribution in [0.25, 0.3) is 0 Å². The van der Waals surface area contributed by atoms with Crippen molar-refractivity contribution in [3.63, 3.8) is 0 Å². The minimum atomic E-state index is 0.0438. The minimum Gasteiger partial charge on any atom is -0.321 e. The van der Waals surface area contributed by atoms with E-state index in [1.54, 1.807) is 11.3 Å². The lowest BCUT2D eigenvalue weighted by atomic mass is 9.83. The molecule has 34 heavy (non-hydrogen) atoms. The quantitative estimate of drug-likeness (QED) is 0.461. The lowest BCUT2D eigenvalue weighted by molar-refractivity contribution is 0.142. The van der Waals surface area contributed by atoms with Gasteiger partial charge in [-0.15, -0.1) is 11.3 Å². The van der Waals surface area contributed by atoms with E-state index in [1.165, 1.54) is 41.8 Å². The fourth-order valence-corrected chi connectivity index (χ4v) is 6.56. The van der Waals surface area contributed by atoms with E-state index < -0.39 is 0 Å². The topological polar surface area (TPSA) is 48.5 Å². The molecule has 0 saturated heterocycles. The molecule has 1 saturated carbocycles. The second-order valence-corrected chi connectivity index (χ2v) is 11.7. The van der Waals surface area contributed by atoms with Gasteiger partial charge in [-0.3, -0.25) is 10.2 Å². The first-order valence-electron chi connectivity index (χ1n) is 13.3. The monoisotopic (exact) mass is 482 g/mol. The highest BCUT2D eigenvalue weighted by molar-refractivity contribution is 7.15. The van der Waals surface area contributed by atoms with Crippen LogP contribution in [0.15, 0.2) is 30.3 Å². The van der Waals surface area contributed by atoms with Gasteiger partial charge in [0.2, 0.25) is 0 Å². The molecule has 1 aliphatic carbocycles. The maximum Gasteiger partial charge on any atom is 0.323 e. The molecule has 0 bridgehead atoms. The van der Waals surface area contributed by atoms with E-state index in [2.05, 4.69) is 66.2 Å². The smallest absolute Gasteiger partial charge is 0.321 e. The van der Waals surface area contributed by atoms with Crippen molar-refractivity contribution in [2.75, 3.05) is 25.0 Å². The number of fused-ring (bicyclic) bond motifs is 1. The first-order chi connectivity index (χ1) is 16.5. The number of nitrogens with one attached hydrogen (secondary N) is 1. The van der Waals surface area contributed by atoms with Crippen molar-refractivity contribution < 1.29 is 4.79 Å². The third-order valence-corrected chi connectivity index (χ3v) is 8.41. The van der Waals surface area contributed by atoms with Gasteiger partial charge in [-0.2, -0.15) is 0 Å². The number of nitrogens with zero attached hydrogens (tertiary/aromatic N) is 3. The van der Waals surface area contributed by atoms with Gasteiger partial charge in [0.05, 0.1) is 5.69 Å². The molecule has 0 spiro atoms. The maximum atomic E-state index is 13.4. The van der Waals surface area contributed by atoms with Gasteiger partial charge in [-0.05, 0) is 49.5 Å². The van der Waals surface area contributed by atoms with Crippen LogP contribution in [0.2, 0.25) is 0 Å².